The van der Waals surface area contributed by atoms with Crippen LogP contribution in [0.2, 0.25) is 0 Å². The smallest absolute Gasteiger partial charge is 0.305 e. The molecule has 0 fully saturated rings. The standard InChI is InChI=1S/C16H27N3O2S.HI/c1-5-21-15(20)7-6-10-18-16(17-4)19-12(2)11-14-9-8-13(3)22-14;/h8-9,12H,5-7,10-11H2,1-4H3,(H2,17,18,19);1H. The number of hydrogen-bond acceptors (Lipinski definition) is 4. The van der Waals surface area contributed by atoms with Crippen LogP contribution in [-0.4, -0.2) is 38.2 Å². The van der Waals surface area contributed by atoms with Crippen molar-refractivity contribution < 1.29 is 9.53 Å². The first-order chi connectivity index (χ1) is 10.5. The molecule has 1 unspecified atom stereocenters. The number of nitrogens with one attached hydrogen (secondary N) is 2. The Balaban J connectivity index is 0.00000484. The molecule has 7 heteroatoms. The lowest BCUT2D eigenvalue weighted by atomic mass is 10.2. The SMILES string of the molecule is CCOC(=O)CCCNC(=NC)NC(C)Cc1ccc(C)s1.I. The second kappa shape index (κ2) is 12.6. The molecular weight excluding hydrogens is 425 g/mol. The Bertz CT molecular complexity index is 491. The zero-order chi connectivity index (χ0) is 16.4. The summed E-state index contributed by atoms with van der Waals surface area (Å²) in [5.74, 6) is 0.623. The van der Waals surface area contributed by atoms with Crippen LogP contribution in [0, 0.1) is 6.92 Å². The maximum atomic E-state index is 11.2. The third-order valence-corrected chi connectivity index (χ3v) is 4.09. The van der Waals surface area contributed by atoms with Gasteiger partial charge >= 0.3 is 5.97 Å². The van der Waals surface area contributed by atoms with Crippen LogP contribution in [0.1, 0.15) is 36.4 Å². The number of carbonyl (C=O) groups excluding carboxylic acids is 1. The second-order valence-corrected chi connectivity index (χ2v) is 6.54. The van der Waals surface area contributed by atoms with E-state index in [4.69, 9.17) is 4.74 Å². The minimum Gasteiger partial charge on any atom is -0.466 e. The number of carbonyl (C=O) groups is 1. The number of rotatable bonds is 8. The Kier molecular flexibility index (Phi) is 12.1. The molecule has 1 aromatic heterocycles. The van der Waals surface area contributed by atoms with Gasteiger partial charge < -0.3 is 15.4 Å². The molecular formula is C16H28IN3O2S. The van der Waals surface area contributed by atoms with Gasteiger partial charge in [0.05, 0.1) is 6.61 Å². The quantitative estimate of drug-likeness (QED) is 0.209. The molecule has 1 atom stereocenters. The van der Waals surface area contributed by atoms with Crippen LogP contribution < -0.4 is 10.6 Å². The van der Waals surface area contributed by atoms with Gasteiger partial charge in [-0.15, -0.1) is 35.3 Å². The minimum atomic E-state index is -0.145. The highest BCUT2D eigenvalue weighted by Gasteiger charge is 2.08. The van der Waals surface area contributed by atoms with E-state index in [1.807, 2.05) is 18.3 Å². The first-order valence-electron chi connectivity index (χ1n) is 7.73. The number of esters is 1. The predicted molar refractivity (Wildman–Crippen MR) is 108 cm³/mol. The summed E-state index contributed by atoms with van der Waals surface area (Å²) in [4.78, 5) is 18.2. The number of halogens is 1. The van der Waals surface area contributed by atoms with E-state index in [-0.39, 0.29) is 29.9 Å². The Hall–Kier alpha value is -0.830. The van der Waals surface area contributed by atoms with Crippen molar-refractivity contribution in [3.8, 4) is 0 Å². The maximum Gasteiger partial charge on any atom is 0.305 e. The molecule has 0 radical (unpaired) electrons. The van der Waals surface area contributed by atoms with E-state index in [1.165, 1.54) is 9.75 Å². The molecule has 0 aromatic carbocycles. The summed E-state index contributed by atoms with van der Waals surface area (Å²) in [6, 6.07) is 4.62. The number of nitrogens with zero attached hydrogens (tertiary/aromatic N) is 1. The summed E-state index contributed by atoms with van der Waals surface area (Å²) >= 11 is 1.83. The molecule has 1 aromatic rings. The van der Waals surface area contributed by atoms with Gasteiger partial charge in [-0.05, 0) is 39.3 Å². The van der Waals surface area contributed by atoms with Crippen LogP contribution in [0.25, 0.3) is 0 Å². The summed E-state index contributed by atoms with van der Waals surface area (Å²) in [7, 11) is 1.75. The molecule has 0 aliphatic heterocycles. The number of aryl methyl sites for hydroxylation is 1. The minimum absolute atomic E-state index is 0. The van der Waals surface area contributed by atoms with Gasteiger partial charge in [0.15, 0.2) is 5.96 Å². The Morgan fingerprint density at radius 3 is 2.74 bits per heavy atom. The van der Waals surface area contributed by atoms with Gasteiger partial charge in [-0.3, -0.25) is 9.79 Å². The van der Waals surface area contributed by atoms with Gasteiger partial charge in [0.1, 0.15) is 0 Å². The Labute approximate surface area is 160 Å². The topological polar surface area (TPSA) is 62.7 Å². The first kappa shape index (κ1) is 22.2. The number of ether oxygens (including phenoxy) is 1. The molecule has 1 rings (SSSR count). The van der Waals surface area contributed by atoms with E-state index < -0.39 is 0 Å². The maximum absolute atomic E-state index is 11.2. The lowest BCUT2D eigenvalue weighted by Gasteiger charge is -2.17. The number of thiophene rings is 1. The van der Waals surface area contributed by atoms with Gasteiger partial charge in [-0.2, -0.15) is 0 Å². The summed E-state index contributed by atoms with van der Waals surface area (Å²) in [6.07, 6.45) is 2.14. The van der Waals surface area contributed by atoms with Crippen molar-refractivity contribution in [3.63, 3.8) is 0 Å². The average molecular weight is 453 g/mol. The summed E-state index contributed by atoms with van der Waals surface area (Å²) in [5, 5.41) is 6.59. The number of aliphatic imine (C=N–C) groups is 1. The molecule has 5 nitrogen and oxygen atoms in total. The average Bonchev–Trinajstić information content (AvgIpc) is 2.87. The summed E-state index contributed by atoms with van der Waals surface area (Å²) in [5.41, 5.74) is 0. The van der Waals surface area contributed by atoms with Crippen molar-refractivity contribution in [2.24, 2.45) is 4.99 Å². The predicted octanol–water partition coefficient (Wildman–Crippen LogP) is 3.11. The molecule has 0 amide bonds. The van der Waals surface area contributed by atoms with E-state index in [1.54, 1.807) is 7.05 Å². The van der Waals surface area contributed by atoms with Crippen LogP contribution in [0.15, 0.2) is 17.1 Å². The summed E-state index contributed by atoms with van der Waals surface area (Å²) in [6.45, 7) is 7.22. The Morgan fingerprint density at radius 1 is 1.43 bits per heavy atom. The van der Waals surface area contributed by atoms with Crippen molar-refractivity contribution in [3.05, 3.63) is 21.9 Å². The van der Waals surface area contributed by atoms with Gasteiger partial charge in [0.2, 0.25) is 0 Å². The molecule has 0 spiro atoms. The first-order valence-corrected chi connectivity index (χ1v) is 8.55. The molecule has 1 heterocycles. The van der Waals surface area contributed by atoms with Crippen LogP contribution in [0.4, 0.5) is 0 Å². The third-order valence-electron chi connectivity index (χ3n) is 3.07. The van der Waals surface area contributed by atoms with E-state index in [2.05, 4.69) is 41.6 Å². The molecule has 0 aliphatic rings. The molecule has 23 heavy (non-hydrogen) atoms. The van der Waals surface area contributed by atoms with Crippen molar-refractivity contribution in [1.29, 1.82) is 0 Å². The monoisotopic (exact) mass is 453 g/mol. The lowest BCUT2D eigenvalue weighted by molar-refractivity contribution is -0.143. The van der Waals surface area contributed by atoms with Crippen LogP contribution in [0.3, 0.4) is 0 Å². The second-order valence-electron chi connectivity index (χ2n) is 5.17. The van der Waals surface area contributed by atoms with Crippen molar-refractivity contribution in [2.75, 3.05) is 20.2 Å². The normalized spacial score (nSPS) is 12.3. The van der Waals surface area contributed by atoms with Gasteiger partial charge in [0, 0.05) is 42.2 Å². The highest BCUT2D eigenvalue weighted by Crippen LogP contribution is 2.16. The third kappa shape index (κ3) is 9.80. The summed E-state index contributed by atoms with van der Waals surface area (Å²) < 4.78 is 4.90. The number of guanidine groups is 1. The zero-order valence-corrected chi connectivity index (χ0v) is 17.5. The molecule has 0 saturated carbocycles. The largest absolute Gasteiger partial charge is 0.466 e. The molecule has 0 bridgehead atoms. The fourth-order valence-electron chi connectivity index (χ4n) is 2.05. The molecule has 0 saturated heterocycles. The van der Waals surface area contributed by atoms with Gasteiger partial charge in [0.25, 0.3) is 0 Å². The number of hydrogen-bond donors (Lipinski definition) is 2. The molecule has 0 aliphatic carbocycles. The Morgan fingerprint density at radius 2 is 2.17 bits per heavy atom. The fourth-order valence-corrected chi connectivity index (χ4v) is 3.07. The van der Waals surface area contributed by atoms with Crippen LogP contribution in [0.5, 0.6) is 0 Å². The van der Waals surface area contributed by atoms with Crippen LogP contribution >= 0.6 is 35.3 Å². The van der Waals surface area contributed by atoms with Gasteiger partial charge in [-0.25, -0.2) is 0 Å². The van der Waals surface area contributed by atoms with E-state index in [0.29, 0.717) is 25.6 Å². The molecule has 2 N–H and O–H groups in total. The van der Waals surface area contributed by atoms with Crippen molar-refractivity contribution in [2.45, 2.75) is 46.1 Å². The van der Waals surface area contributed by atoms with E-state index in [0.717, 1.165) is 18.8 Å². The van der Waals surface area contributed by atoms with Gasteiger partial charge in [-0.1, -0.05) is 0 Å². The zero-order valence-electron chi connectivity index (χ0n) is 14.3. The molecule has 132 valence electrons. The lowest BCUT2D eigenvalue weighted by Crippen LogP contribution is -2.43. The van der Waals surface area contributed by atoms with Crippen LogP contribution in [-0.2, 0) is 16.0 Å². The van der Waals surface area contributed by atoms with E-state index in [9.17, 15) is 4.79 Å². The van der Waals surface area contributed by atoms with Crippen molar-refractivity contribution >= 4 is 47.2 Å². The van der Waals surface area contributed by atoms with E-state index >= 15 is 0 Å². The van der Waals surface area contributed by atoms with Crippen molar-refractivity contribution in [1.82, 2.24) is 10.6 Å². The highest BCUT2D eigenvalue weighted by molar-refractivity contribution is 14.0. The highest BCUT2D eigenvalue weighted by atomic mass is 127. The fraction of sp³-hybridized carbons (Fsp3) is 0.625.